The summed E-state index contributed by atoms with van der Waals surface area (Å²) in [5, 5.41) is 9.08. The van der Waals surface area contributed by atoms with E-state index in [-0.39, 0.29) is 6.61 Å². The van der Waals surface area contributed by atoms with Gasteiger partial charge < -0.3 is 9.84 Å². The first kappa shape index (κ1) is 10.2. The van der Waals surface area contributed by atoms with E-state index in [2.05, 4.69) is 16.0 Å². The largest absolute Gasteiger partial charge is 0.390 e. The summed E-state index contributed by atoms with van der Waals surface area (Å²) >= 11 is 0. The number of aliphatic hydroxyl groups excluding tert-OH is 1. The maximum atomic E-state index is 9.08. The van der Waals surface area contributed by atoms with Crippen molar-refractivity contribution in [1.82, 2.24) is 9.88 Å². The van der Waals surface area contributed by atoms with Crippen molar-refractivity contribution >= 4 is 0 Å². The number of nitrogens with zero attached hydrogens (tertiary/aromatic N) is 2. The zero-order valence-electron chi connectivity index (χ0n) is 9.22. The fraction of sp³-hybridized carbons (Fsp3) is 0.583. The minimum absolute atomic E-state index is 0.0276. The summed E-state index contributed by atoms with van der Waals surface area (Å²) in [6, 6.07) is 4.59. The molecule has 1 aromatic heterocycles. The van der Waals surface area contributed by atoms with E-state index in [1.54, 1.807) is 0 Å². The fourth-order valence-electron chi connectivity index (χ4n) is 2.31. The molecule has 0 radical (unpaired) electrons. The number of rotatable bonds is 2. The van der Waals surface area contributed by atoms with Gasteiger partial charge in [0.05, 0.1) is 37.3 Å². The molecule has 1 N–H and O–H groups in total. The molecular weight excluding hydrogens is 204 g/mol. The number of pyridine rings is 1. The third-order valence-electron chi connectivity index (χ3n) is 3.45. The summed E-state index contributed by atoms with van der Waals surface area (Å²) in [6.45, 7) is 3.74. The van der Waals surface area contributed by atoms with E-state index in [9.17, 15) is 0 Å². The molecule has 0 amide bonds. The molecule has 0 aliphatic carbocycles. The minimum atomic E-state index is 0.0276. The Balaban J connectivity index is 1.80. The number of ether oxygens (including phenoxy) is 1. The van der Waals surface area contributed by atoms with Crippen LogP contribution in [0.15, 0.2) is 12.1 Å². The molecule has 0 saturated carbocycles. The van der Waals surface area contributed by atoms with Gasteiger partial charge in [-0.3, -0.25) is 9.88 Å². The van der Waals surface area contributed by atoms with Crippen LogP contribution in [0.4, 0.5) is 0 Å². The lowest BCUT2D eigenvalue weighted by Gasteiger charge is -2.39. The molecule has 4 heteroatoms. The number of fused-ring (bicyclic) bond motifs is 1. The van der Waals surface area contributed by atoms with Crippen molar-refractivity contribution in [3.63, 3.8) is 0 Å². The fourth-order valence-corrected chi connectivity index (χ4v) is 2.31. The molecule has 0 atom stereocenters. The lowest BCUT2D eigenvalue weighted by Crippen LogP contribution is -2.50. The summed E-state index contributed by atoms with van der Waals surface area (Å²) in [5.41, 5.74) is 3.23. The van der Waals surface area contributed by atoms with Crippen molar-refractivity contribution < 1.29 is 9.84 Å². The number of aliphatic hydroxyl groups is 1. The van der Waals surface area contributed by atoms with Crippen LogP contribution < -0.4 is 0 Å². The van der Waals surface area contributed by atoms with Gasteiger partial charge in [0.2, 0.25) is 0 Å². The van der Waals surface area contributed by atoms with Gasteiger partial charge in [0.25, 0.3) is 0 Å². The summed E-state index contributed by atoms with van der Waals surface area (Å²) in [6.07, 6.45) is 1.06. The van der Waals surface area contributed by atoms with Crippen LogP contribution in [0.5, 0.6) is 0 Å². The number of aromatic nitrogens is 1. The molecule has 86 valence electrons. The van der Waals surface area contributed by atoms with Gasteiger partial charge in [-0.05, 0) is 18.1 Å². The molecule has 1 saturated heterocycles. The van der Waals surface area contributed by atoms with Crippen molar-refractivity contribution in [3.05, 3.63) is 29.1 Å². The molecule has 0 aromatic carbocycles. The van der Waals surface area contributed by atoms with Crippen LogP contribution >= 0.6 is 0 Å². The minimum Gasteiger partial charge on any atom is -0.390 e. The summed E-state index contributed by atoms with van der Waals surface area (Å²) < 4.78 is 5.22. The lowest BCUT2D eigenvalue weighted by atomic mass is 10.0. The topological polar surface area (TPSA) is 45.6 Å². The van der Waals surface area contributed by atoms with Gasteiger partial charge in [-0.15, -0.1) is 0 Å². The second-order valence-corrected chi connectivity index (χ2v) is 4.48. The van der Waals surface area contributed by atoms with Crippen LogP contribution in [0.1, 0.15) is 17.0 Å². The molecule has 4 nitrogen and oxygen atoms in total. The molecule has 16 heavy (non-hydrogen) atoms. The average Bonchev–Trinajstić information content (AvgIpc) is 2.26. The van der Waals surface area contributed by atoms with E-state index in [0.29, 0.717) is 6.04 Å². The maximum absolute atomic E-state index is 9.08. The standard InChI is InChI=1S/C12H16N2O2/c15-6-10-2-1-9-3-4-14(5-12(9)13-10)11-7-16-8-11/h1-2,11,15H,3-8H2. The highest BCUT2D eigenvalue weighted by atomic mass is 16.5. The van der Waals surface area contributed by atoms with Crippen LogP contribution in [0.25, 0.3) is 0 Å². The molecule has 0 spiro atoms. The highest BCUT2D eigenvalue weighted by molar-refractivity contribution is 5.25. The molecule has 2 aliphatic rings. The Morgan fingerprint density at radius 3 is 3.00 bits per heavy atom. The van der Waals surface area contributed by atoms with E-state index in [1.807, 2.05) is 6.07 Å². The Labute approximate surface area is 94.9 Å². The second kappa shape index (κ2) is 4.13. The van der Waals surface area contributed by atoms with Crippen molar-refractivity contribution in [1.29, 1.82) is 0 Å². The highest BCUT2D eigenvalue weighted by Crippen LogP contribution is 2.22. The summed E-state index contributed by atoms with van der Waals surface area (Å²) in [5.74, 6) is 0. The molecule has 1 fully saturated rings. The third-order valence-corrected chi connectivity index (χ3v) is 3.45. The molecule has 0 bridgehead atoms. The Morgan fingerprint density at radius 1 is 1.44 bits per heavy atom. The summed E-state index contributed by atoms with van der Waals surface area (Å²) in [4.78, 5) is 6.92. The predicted molar refractivity (Wildman–Crippen MR) is 58.9 cm³/mol. The van der Waals surface area contributed by atoms with E-state index < -0.39 is 0 Å². The second-order valence-electron chi connectivity index (χ2n) is 4.48. The van der Waals surface area contributed by atoms with Crippen molar-refractivity contribution in [2.24, 2.45) is 0 Å². The zero-order chi connectivity index (χ0) is 11.0. The first-order valence-electron chi connectivity index (χ1n) is 5.77. The van der Waals surface area contributed by atoms with E-state index in [1.165, 1.54) is 5.56 Å². The Kier molecular flexibility index (Phi) is 2.63. The van der Waals surface area contributed by atoms with Gasteiger partial charge in [0.15, 0.2) is 0 Å². The zero-order valence-corrected chi connectivity index (χ0v) is 9.22. The van der Waals surface area contributed by atoms with Crippen molar-refractivity contribution in [2.75, 3.05) is 19.8 Å². The van der Waals surface area contributed by atoms with Gasteiger partial charge >= 0.3 is 0 Å². The van der Waals surface area contributed by atoms with E-state index >= 15 is 0 Å². The smallest absolute Gasteiger partial charge is 0.0853 e. The van der Waals surface area contributed by atoms with Crippen LogP contribution in [0.2, 0.25) is 0 Å². The SMILES string of the molecule is OCc1ccc2c(n1)CN(C1COC1)CC2. The molecular formula is C12H16N2O2. The van der Waals surface area contributed by atoms with Crippen molar-refractivity contribution in [3.8, 4) is 0 Å². The Bertz CT molecular complexity index is 391. The first-order chi connectivity index (χ1) is 7.86. The number of hydrogen-bond donors (Lipinski definition) is 1. The highest BCUT2D eigenvalue weighted by Gasteiger charge is 2.29. The van der Waals surface area contributed by atoms with Crippen LogP contribution in [0, 0.1) is 0 Å². The molecule has 3 heterocycles. The molecule has 3 rings (SSSR count). The lowest BCUT2D eigenvalue weighted by molar-refractivity contribution is -0.0699. The van der Waals surface area contributed by atoms with Gasteiger partial charge in [-0.2, -0.15) is 0 Å². The molecule has 0 unspecified atom stereocenters. The van der Waals surface area contributed by atoms with Gasteiger partial charge in [0, 0.05) is 13.1 Å². The predicted octanol–water partition coefficient (Wildman–Crippen LogP) is 0.331. The van der Waals surface area contributed by atoms with Gasteiger partial charge in [-0.25, -0.2) is 0 Å². The molecule has 2 aliphatic heterocycles. The number of hydrogen-bond acceptors (Lipinski definition) is 4. The quantitative estimate of drug-likeness (QED) is 0.780. The summed E-state index contributed by atoms with van der Waals surface area (Å²) in [7, 11) is 0. The monoisotopic (exact) mass is 220 g/mol. The Hall–Kier alpha value is -0.970. The van der Waals surface area contributed by atoms with Crippen LogP contribution in [-0.2, 0) is 24.3 Å². The normalized spacial score (nSPS) is 21.6. The van der Waals surface area contributed by atoms with E-state index in [4.69, 9.17) is 9.84 Å². The third kappa shape index (κ3) is 1.73. The van der Waals surface area contributed by atoms with Crippen molar-refractivity contribution in [2.45, 2.75) is 25.6 Å². The van der Waals surface area contributed by atoms with E-state index in [0.717, 1.165) is 44.1 Å². The Morgan fingerprint density at radius 2 is 2.31 bits per heavy atom. The average molecular weight is 220 g/mol. The van der Waals surface area contributed by atoms with Gasteiger partial charge in [0.1, 0.15) is 0 Å². The first-order valence-corrected chi connectivity index (χ1v) is 5.77. The van der Waals surface area contributed by atoms with Crippen LogP contribution in [-0.4, -0.2) is 40.8 Å². The maximum Gasteiger partial charge on any atom is 0.0853 e. The van der Waals surface area contributed by atoms with Gasteiger partial charge in [-0.1, -0.05) is 6.07 Å². The molecule has 1 aromatic rings. The van der Waals surface area contributed by atoms with Crippen LogP contribution in [0.3, 0.4) is 0 Å².